The first kappa shape index (κ1) is 14.9. The molecule has 0 unspecified atom stereocenters. The third-order valence-electron chi connectivity index (χ3n) is 2.25. The van der Waals surface area contributed by atoms with E-state index < -0.39 is 0 Å². The number of hydrogen-bond donors (Lipinski definition) is 0. The molecule has 0 heterocycles. The van der Waals surface area contributed by atoms with Crippen molar-refractivity contribution >= 4 is 11.9 Å². The summed E-state index contributed by atoms with van der Waals surface area (Å²) >= 11 is 0. The van der Waals surface area contributed by atoms with Gasteiger partial charge in [-0.2, -0.15) is 0 Å². The van der Waals surface area contributed by atoms with E-state index in [9.17, 15) is 9.59 Å². The Morgan fingerprint density at radius 1 is 0.938 bits per heavy atom. The maximum absolute atomic E-state index is 11.2. The van der Waals surface area contributed by atoms with Crippen LogP contribution in [0.1, 0.15) is 51.9 Å². The standard InChI is InChI=1S/C12H22O4/c1-3-4-7-10-16-12(14)9-6-5-8-11(13)15-2/h3-10H2,1-2H3. The summed E-state index contributed by atoms with van der Waals surface area (Å²) < 4.78 is 9.52. The average Bonchev–Trinajstić information content (AvgIpc) is 2.30. The van der Waals surface area contributed by atoms with Gasteiger partial charge in [-0.1, -0.05) is 19.8 Å². The van der Waals surface area contributed by atoms with Crippen molar-refractivity contribution in [2.75, 3.05) is 13.7 Å². The lowest BCUT2D eigenvalue weighted by Crippen LogP contribution is -2.06. The smallest absolute Gasteiger partial charge is 0.305 e. The van der Waals surface area contributed by atoms with Crippen LogP contribution in [0.5, 0.6) is 0 Å². The van der Waals surface area contributed by atoms with E-state index in [1.165, 1.54) is 7.11 Å². The molecular formula is C12H22O4. The largest absolute Gasteiger partial charge is 0.469 e. The van der Waals surface area contributed by atoms with E-state index >= 15 is 0 Å². The highest BCUT2D eigenvalue weighted by Crippen LogP contribution is 2.03. The molecule has 0 aromatic carbocycles. The minimum atomic E-state index is -0.226. The minimum Gasteiger partial charge on any atom is -0.469 e. The molecule has 0 aromatic heterocycles. The first-order chi connectivity index (χ1) is 7.70. The molecule has 0 aliphatic rings. The van der Waals surface area contributed by atoms with Gasteiger partial charge in [0, 0.05) is 12.8 Å². The fraction of sp³-hybridized carbons (Fsp3) is 0.833. The molecular weight excluding hydrogens is 208 g/mol. The molecule has 0 bridgehead atoms. The van der Waals surface area contributed by atoms with Crippen molar-refractivity contribution in [3.05, 3.63) is 0 Å². The molecule has 0 amide bonds. The number of hydrogen-bond acceptors (Lipinski definition) is 4. The highest BCUT2D eigenvalue weighted by Gasteiger charge is 2.04. The summed E-state index contributed by atoms with van der Waals surface area (Å²) in [4.78, 5) is 21.9. The summed E-state index contributed by atoms with van der Waals surface area (Å²) in [5.74, 6) is -0.391. The highest BCUT2D eigenvalue weighted by atomic mass is 16.5. The Balaban J connectivity index is 3.27. The lowest BCUT2D eigenvalue weighted by Gasteiger charge is -2.03. The predicted octanol–water partition coefficient (Wildman–Crippen LogP) is 2.45. The first-order valence-electron chi connectivity index (χ1n) is 5.93. The Labute approximate surface area is 97.3 Å². The van der Waals surface area contributed by atoms with Crippen molar-refractivity contribution in [2.45, 2.75) is 51.9 Å². The zero-order valence-corrected chi connectivity index (χ0v) is 10.3. The molecule has 4 nitrogen and oxygen atoms in total. The molecule has 0 atom stereocenters. The summed E-state index contributed by atoms with van der Waals surface area (Å²) in [7, 11) is 1.37. The van der Waals surface area contributed by atoms with Crippen molar-refractivity contribution < 1.29 is 19.1 Å². The molecule has 0 aliphatic carbocycles. The highest BCUT2D eigenvalue weighted by molar-refractivity contribution is 5.70. The summed E-state index contributed by atoms with van der Waals surface area (Å²) in [6.07, 6.45) is 5.28. The second-order valence-corrected chi connectivity index (χ2v) is 3.71. The number of carbonyl (C=O) groups excluding carboxylic acids is 2. The Kier molecular flexibility index (Phi) is 9.76. The van der Waals surface area contributed by atoms with Crippen LogP contribution in [0.2, 0.25) is 0 Å². The second-order valence-electron chi connectivity index (χ2n) is 3.71. The molecule has 4 heteroatoms. The lowest BCUT2D eigenvalue weighted by atomic mass is 10.2. The van der Waals surface area contributed by atoms with Crippen LogP contribution in [0.3, 0.4) is 0 Å². The van der Waals surface area contributed by atoms with Crippen molar-refractivity contribution in [1.29, 1.82) is 0 Å². The van der Waals surface area contributed by atoms with Crippen molar-refractivity contribution in [1.82, 2.24) is 0 Å². The van der Waals surface area contributed by atoms with Crippen LogP contribution in [-0.4, -0.2) is 25.7 Å². The fourth-order valence-corrected chi connectivity index (χ4v) is 1.25. The molecule has 0 N–H and O–H groups in total. The SMILES string of the molecule is CCCCCOC(=O)CCCCC(=O)OC. The summed E-state index contributed by atoms with van der Waals surface area (Å²) in [6, 6.07) is 0. The Hall–Kier alpha value is -1.06. The van der Waals surface area contributed by atoms with Crippen LogP contribution in [0, 0.1) is 0 Å². The molecule has 0 fully saturated rings. The third-order valence-corrected chi connectivity index (χ3v) is 2.25. The summed E-state index contributed by atoms with van der Waals surface area (Å²) in [5.41, 5.74) is 0. The van der Waals surface area contributed by atoms with Gasteiger partial charge in [0.15, 0.2) is 0 Å². The van der Waals surface area contributed by atoms with Crippen LogP contribution >= 0.6 is 0 Å². The van der Waals surface area contributed by atoms with Gasteiger partial charge in [0.1, 0.15) is 0 Å². The molecule has 0 saturated carbocycles. The monoisotopic (exact) mass is 230 g/mol. The van der Waals surface area contributed by atoms with Crippen LogP contribution in [0.25, 0.3) is 0 Å². The Morgan fingerprint density at radius 3 is 2.12 bits per heavy atom. The molecule has 16 heavy (non-hydrogen) atoms. The van der Waals surface area contributed by atoms with Crippen LogP contribution < -0.4 is 0 Å². The van der Waals surface area contributed by atoms with E-state index in [1.54, 1.807) is 0 Å². The van der Waals surface area contributed by atoms with Gasteiger partial charge in [-0.05, 0) is 19.3 Å². The third kappa shape index (κ3) is 9.49. The average molecular weight is 230 g/mol. The van der Waals surface area contributed by atoms with Gasteiger partial charge in [-0.3, -0.25) is 9.59 Å². The lowest BCUT2D eigenvalue weighted by molar-refractivity contribution is -0.145. The van der Waals surface area contributed by atoms with Crippen LogP contribution in [-0.2, 0) is 19.1 Å². The van der Waals surface area contributed by atoms with Gasteiger partial charge in [0.25, 0.3) is 0 Å². The van der Waals surface area contributed by atoms with E-state index in [4.69, 9.17) is 4.74 Å². The zero-order chi connectivity index (χ0) is 12.2. The van der Waals surface area contributed by atoms with Gasteiger partial charge in [0.2, 0.25) is 0 Å². The fourth-order valence-electron chi connectivity index (χ4n) is 1.25. The van der Waals surface area contributed by atoms with Gasteiger partial charge in [-0.15, -0.1) is 0 Å². The molecule has 0 spiro atoms. The van der Waals surface area contributed by atoms with Crippen LogP contribution in [0.4, 0.5) is 0 Å². The molecule has 0 aromatic rings. The summed E-state index contributed by atoms with van der Waals surface area (Å²) in [6.45, 7) is 2.62. The van der Waals surface area contributed by atoms with E-state index in [1.807, 2.05) is 0 Å². The maximum atomic E-state index is 11.2. The van der Waals surface area contributed by atoms with E-state index in [2.05, 4.69) is 11.7 Å². The maximum Gasteiger partial charge on any atom is 0.305 e. The first-order valence-corrected chi connectivity index (χ1v) is 5.93. The number of unbranched alkanes of at least 4 members (excludes halogenated alkanes) is 3. The van der Waals surface area contributed by atoms with E-state index in [-0.39, 0.29) is 11.9 Å². The quantitative estimate of drug-likeness (QED) is 0.451. The molecule has 0 aliphatic heterocycles. The Morgan fingerprint density at radius 2 is 1.56 bits per heavy atom. The molecule has 0 saturated heterocycles. The van der Waals surface area contributed by atoms with Gasteiger partial charge < -0.3 is 9.47 Å². The Bertz CT molecular complexity index is 201. The predicted molar refractivity (Wildman–Crippen MR) is 61.0 cm³/mol. The van der Waals surface area contributed by atoms with E-state index in [0.29, 0.717) is 32.3 Å². The van der Waals surface area contributed by atoms with Crippen LogP contribution in [0.15, 0.2) is 0 Å². The number of methoxy groups -OCH3 is 1. The topological polar surface area (TPSA) is 52.6 Å². The van der Waals surface area contributed by atoms with Gasteiger partial charge in [-0.25, -0.2) is 0 Å². The van der Waals surface area contributed by atoms with Crippen molar-refractivity contribution in [3.8, 4) is 0 Å². The summed E-state index contributed by atoms with van der Waals surface area (Å²) in [5, 5.41) is 0. The number of carbonyl (C=O) groups is 2. The minimum absolute atomic E-state index is 0.166. The van der Waals surface area contributed by atoms with Gasteiger partial charge >= 0.3 is 11.9 Å². The number of esters is 2. The molecule has 94 valence electrons. The van der Waals surface area contributed by atoms with E-state index in [0.717, 1.165) is 19.3 Å². The van der Waals surface area contributed by atoms with Crippen molar-refractivity contribution in [2.24, 2.45) is 0 Å². The number of rotatable bonds is 9. The second kappa shape index (κ2) is 10.5. The normalized spacial score (nSPS) is 9.88. The number of ether oxygens (including phenoxy) is 2. The molecule has 0 radical (unpaired) electrons. The zero-order valence-electron chi connectivity index (χ0n) is 10.3. The van der Waals surface area contributed by atoms with Gasteiger partial charge in [0.05, 0.1) is 13.7 Å². The molecule has 0 rings (SSSR count). The van der Waals surface area contributed by atoms with Crippen molar-refractivity contribution in [3.63, 3.8) is 0 Å².